The van der Waals surface area contributed by atoms with Crippen LogP contribution in [0.3, 0.4) is 0 Å². The molecule has 0 unspecified atom stereocenters. The lowest BCUT2D eigenvalue weighted by Gasteiger charge is -1.94. The van der Waals surface area contributed by atoms with Gasteiger partial charge in [0.2, 0.25) is 0 Å². The predicted octanol–water partition coefficient (Wildman–Crippen LogP) is 2.55. The molecule has 0 saturated heterocycles. The van der Waals surface area contributed by atoms with Gasteiger partial charge in [-0.2, -0.15) is 0 Å². The molecule has 0 aliphatic heterocycles. The number of nitrogens with two attached hydrogens (primary N) is 1. The molecule has 0 atom stereocenters. The summed E-state index contributed by atoms with van der Waals surface area (Å²) in [6.07, 6.45) is 0. The number of pyridine rings is 1. The maximum atomic E-state index is 5.52. The molecule has 2 aromatic heterocycles. The number of hydrogen-bond acceptors (Lipinski definition) is 4. The summed E-state index contributed by atoms with van der Waals surface area (Å²) in [5.41, 5.74) is 7.18. The van der Waals surface area contributed by atoms with E-state index < -0.39 is 0 Å². The SMILES string of the molecule is Nc1nc(-c2cccc(Br)n2)cs1. The zero-order valence-electron chi connectivity index (χ0n) is 6.57. The quantitative estimate of drug-likeness (QED) is 0.797. The zero-order chi connectivity index (χ0) is 9.26. The molecule has 2 N–H and O–H groups in total. The number of nitrogen functional groups attached to an aromatic ring is 1. The highest BCUT2D eigenvalue weighted by atomic mass is 79.9. The zero-order valence-corrected chi connectivity index (χ0v) is 8.97. The second kappa shape index (κ2) is 3.43. The molecule has 0 aliphatic carbocycles. The van der Waals surface area contributed by atoms with Crippen LogP contribution in [0.1, 0.15) is 0 Å². The topological polar surface area (TPSA) is 51.8 Å². The summed E-state index contributed by atoms with van der Waals surface area (Å²) in [5.74, 6) is 0. The van der Waals surface area contributed by atoms with Gasteiger partial charge in [-0.05, 0) is 28.1 Å². The van der Waals surface area contributed by atoms with Gasteiger partial charge in [-0.1, -0.05) is 6.07 Å². The van der Waals surface area contributed by atoms with Crippen molar-refractivity contribution in [2.75, 3.05) is 5.73 Å². The molecule has 13 heavy (non-hydrogen) atoms. The van der Waals surface area contributed by atoms with Crippen molar-refractivity contribution in [1.82, 2.24) is 9.97 Å². The van der Waals surface area contributed by atoms with E-state index in [1.807, 2.05) is 23.6 Å². The van der Waals surface area contributed by atoms with Crippen molar-refractivity contribution in [3.63, 3.8) is 0 Å². The van der Waals surface area contributed by atoms with E-state index in [9.17, 15) is 0 Å². The van der Waals surface area contributed by atoms with Gasteiger partial charge in [0.05, 0.1) is 5.69 Å². The van der Waals surface area contributed by atoms with Crippen LogP contribution in [0, 0.1) is 0 Å². The van der Waals surface area contributed by atoms with Crippen molar-refractivity contribution in [2.45, 2.75) is 0 Å². The number of nitrogens with zero attached hydrogens (tertiary/aromatic N) is 2. The summed E-state index contributed by atoms with van der Waals surface area (Å²) in [7, 11) is 0. The highest BCUT2D eigenvalue weighted by molar-refractivity contribution is 9.10. The van der Waals surface area contributed by atoms with E-state index >= 15 is 0 Å². The fraction of sp³-hybridized carbons (Fsp3) is 0. The van der Waals surface area contributed by atoms with Crippen LogP contribution in [0.5, 0.6) is 0 Å². The molecular formula is C8H6BrN3S. The largest absolute Gasteiger partial charge is 0.375 e. The smallest absolute Gasteiger partial charge is 0.180 e. The van der Waals surface area contributed by atoms with Gasteiger partial charge in [-0.3, -0.25) is 0 Å². The fourth-order valence-corrected chi connectivity index (χ4v) is 1.86. The third-order valence-electron chi connectivity index (χ3n) is 1.50. The molecule has 0 bridgehead atoms. The summed E-state index contributed by atoms with van der Waals surface area (Å²) in [5, 5.41) is 2.46. The van der Waals surface area contributed by atoms with Crippen LogP contribution < -0.4 is 5.73 Å². The Morgan fingerprint density at radius 3 is 2.69 bits per heavy atom. The van der Waals surface area contributed by atoms with Gasteiger partial charge in [0.25, 0.3) is 0 Å². The van der Waals surface area contributed by atoms with E-state index in [-0.39, 0.29) is 0 Å². The summed E-state index contributed by atoms with van der Waals surface area (Å²) in [6, 6.07) is 5.69. The predicted molar refractivity (Wildman–Crippen MR) is 57.5 cm³/mol. The van der Waals surface area contributed by atoms with Gasteiger partial charge < -0.3 is 5.73 Å². The molecule has 5 heteroatoms. The van der Waals surface area contributed by atoms with Crippen LogP contribution in [-0.2, 0) is 0 Å². The maximum Gasteiger partial charge on any atom is 0.180 e. The van der Waals surface area contributed by atoms with Crippen LogP contribution in [0.15, 0.2) is 28.2 Å². The third kappa shape index (κ3) is 1.87. The van der Waals surface area contributed by atoms with Crippen molar-refractivity contribution in [3.8, 4) is 11.4 Å². The molecule has 0 aliphatic rings. The average Bonchev–Trinajstić information content (AvgIpc) is 2.52. The van der Waals surface area contributed by atoms with Crippen LogP contribution in [0.4, 0.5) is 5.13 Å². The van der Waals surface area contributed by atoms with Crippen molar-refractivity contribution < 1.29 is 0 Å². The molecule has 0 aromatic carbocycles. The number of halogens is 1. The average molecular weight is 256 g/mol. The number of thiazole rings is 1. The van der Waals surface area contributed by atoms with Gasteiger partial charge in [0.15, 0.2) is 5.13 Å². The van der Waals surface area contributed by atoms with E-state index in [0.717, 1.165) is 16.0 Å². The Hall–Kier alpha value is -0.940. The third-order valence-corrected chi connectivity index (χ3v) is 2.62. The number of hydrogen-bond donors (Lipinski definition) is 1. The Morgan fingerprint density at radius 1 is 1.23 bits per heavy atom. The Bertz CT molecular complexity index is 427. The standard InChI is InChI=1S/C8H6BrN3S/c9-7-3-1-2-5(11-7)6-4-13-8(10)12-6/h1-4H,(H2,10,12). The monoisotopic (exact) mass is 255 g/mol. The molecule has 0 radical (unpaired) electrons. The molecule has 66 valence electrons. The molecule has 0 fully saturated rings. The lowest BCUT2D eigenvalue weighted by molar-refractivity contribution is 1.25. The van der Waals surface area contributed by atoms with E-state index in [4.69, 9.17) is 5.73 Å². The van der Waals surface area contributed by atoms with Crippen LogP contribution in [0.2, 0.25) is 0 Å². The molecule has 0 spiro atoms. The van der Waals surface area contributed by atoms with Gasteiger partial charge in [-0.15, -0.1) is 11.3 Å². The van der Waals surface area contributed by atoms with Crippen molar-refractivity contribution in [1.29, 1.82) is 0 Å². The first kappa shape index (κ1) is 8.65. The van der Waals surface area contributed by atoms with Crippen molar-refractivity contribution in [3.05, 3.63) is 28.2 Å². The van der Waals surface area contributed by atoms with Crippen molar-refractivity contribution in [2.24, 2.45) is 0 Å². The fourth-order valence-electron chi connectivity index (χ4n) is 0.956. The van der Waals surface area contributed by atoms with Gasteiger partial charge in [-0.25, -0.2) is 9.97 Å². The Labute approximate surface area is 87.8 Å². The van der Waals surface area contributed by atoms with Crippen LogP contribution in [0.25, 0.3) is 11.4 Å². The lowest BCUT2D eigenvalue weighted by atomic mass is 10.3. The summed E-state index contributed by atoms with van der Waals surface area (Å²) in [6.45, 7) is 0. The van der Waals surface area contributed by atoms with E-state index in [0.29, 0.717) is 5.13 Å². The number of aromatic nitrogens is 2. The van der Waals surface area contributed by atoms with E-state index in [2.05, 4.69) is 25.9 Å². The molecule has 0 amide bonds. The number of anilines is 1. The number of rotatable bonds is 1. The molecule has 2 rings (SSSR count). The van der Waals surface area contributed by atoms with E-state index in [1.54, 1.807) is 0 Å². The summed E-state index contributed by atoms with van der Waals surface area (Å²) < 4.78 is 0.802. The van der Waals surface area contributed by atoms with Gasteiger partial charge in [0, 0.05) is 5.38 Å². The first-order valence-corrected chi connectivity index (χ1v) is 5.27. The molecule has 3 nitrogen and oxygen atoms in total. The van der Waals surface area contributed by atoms with Crippen molar-refractivity contribution >= 4 is 32.4 Å². The first-order valence-electron chi connectivity index (χ1n) is 3.59. The molecule has 2 aromatic rings. The van der Waals surface area contributed by atoms with Crippen LogP contribution >= 0.6 is 27.3 Å². The lowest BCUT2D eigenvalue weighted by Crippen LogP contribution is -1.85. The minimum Gasteiger partial charge on any atom is -0.375 e. The highest BCUT2D eigenvalue weighted by Gasteiger charge is 2.03. The molecular weight excluding hydrogens is 250 g/mol. The highest BCUT2D eigenvalue weighted by Crippen LogP contribution is 2.22. The second-order valence-corrected chi connectivity index (χ2v) is 4.12. The minimum absolute atomic E-state index is 0.566. The normalized spacial score (nSPS) is 10.2. The molecule has 2 heterocycles. The van der Waals surface area contributed by atoms with Gasteiger partial charge in [0.1, 0.15) is 10.3 Å². The molecule has 0 saturated carbocycles. The Balaban J connectivity index is 2.46. The summed E-state index contributed by atoms with van der Waals surface area (Å²) in [4.78, 5) is 8.40. The van der Waals surface area contributed by atoms with Crippen LogP contribution in [-0.4, -0.2) is 9.97 Å². The maximum absolute atomic E-state index is 5.52. The Morgan fingerprint density at radius 2 is 2.08 bits per heavy atom. The first-order chi connectivity index (χ1) is 6.25. The van der Waals surface area contributed by atoms with E-state index in [1.165, 1.54) is 11.3 Å². The van der Waals surface area contributed by atoms with Gasteiger partial charge >= 0.3 is 0 Å². The second-order valence-electron chi connectivity index (χ2n) is 2.42. The minimum atomic E-state index is 0.566. The Kier molecular flexibility index (Phi) is 2.28. The summed E-state index contributed by atoms with van der Waals surface area (Å²) >= 11 is 4.72.